The second-order valence-corrected chi connectivity index (χ2v) is 23.7. The Balaban J connectivity index is 0.891. The Kier molecular flexibility index (Phi) is 8.85. The summed E-state index contributed by atoms with van der Waals surface area (Å²) in [7, 11) is -2.67. The minimum absolute atomic E-state index is 1.14. The van der Waals surface area contributed by atoms with Crippen molar-refractivity contribution in [1.29, 1.82) is 0 Å². The van der Waals surface area contributed by atoms with Gasteiger partial charge >= 0.3 is 0 Å². The van der Waals surface area contributed by atoms with E-state index in [0.29, 0.717) is 0 Å². The fourth-order valence-electron chi connectivity index (χ4n) is 12.2. The third-order valence-electron chi connectivity index (χ3n) is 15.2. The Morgan fingerprint density at radius 2 is 0.620 bits per heavy atom. The van der Waals surface area contributed by atoms with Gasteiger partial charge in [0.25, 0.3) is 0 Å². The first-order chi connectivity index (χ1) is 35.2. The van der Waals surface area contributed by atoms with Crippen molar-refractivity contribution in [3.8, 4) is 17.1 Å². The zero-order valence-corrected chi connectivity index (χ0v) is 40.4. The van der Waals surface area contributed by atoms with E-state index in [1.165, 1.54) is 106 Å². The summed E-state index contributed by atoms with van der Waals surface area (Å²) in [6.45, 7) is 0. The van der Waals surface area contributed by atoms with E-state index in [1.54, 1.807) is 0 Å². The van der Waals surface area contributed by atoms with Crippen LogP contribution in [0.2, 0.25) is 0 Å². The van der Waals surface area contributed by atoms with E-state index in [0.717, 1.165) is 17.1 Å². The first-order valence-corrected chi connectivity index (χ1v) is 27.2. The van der Waals surface area contributed by atoms with Gasteiger partial charge in [-0.2, -0.15) is 0 Å². The lowest BCUT2D eigenvalue weighted by atomic mass is 10.1. The highest BCUT2D eigenvalue weighted by Gasteiger charge is 2.41. The van der Waals surface area contributed by atoms with Crippen LogP contribution in [0.15, 0.2) is 261 Å². The van der Waals surface area contributed by atoms with Crippen LogP contribution in [0.4, 0.5) is 0 Å². The molecule has 0 amide bonds. The topological polar surface area (TPSA) is 14.8 Å². The number of aromatic nitrogens is 3. The monoisotopic (exact) mass is 937 g/mol. The SMILES string of the molecule is c1ccc([Si](c2ccccc2)(c2ccccc2)c2ccc(-n3c4ccccc4c4cc(-n5c6ccccc6c6cc(-n7c8ccccc8c8c9c(ccc87)sc7ccccc79)ccc65)ccc43)cc2)cc1. The second-order valence-electron chi connectivity index (χ2n) is 18.8. The molecule has 0 radical (unpaired) electrons. The quantitative estimate of drug-likeness (QED) is 0.112. The molecule has 0 unspecified atom stereocenters. The van der Waals surface area contributed by atoms with Gasteiger partial charge in [0.05, 0.1) is 33.1 Å². The summed E-state index contributed by atoms with van der Waals surface area (Å²) in [5.41, 5.74) is 10.6. The number of hydrogen-bond acceptors (Lipinski definition) is 1. The summed E-state index contributed by atoms with van der Waals surface area (Å²) in [5.74, 6) is 0. The zero-order valence-electron chi connectivity index (χ0n) is 38.6. The first kappa shape index (κ1) is 40.2. The third-order valence-corrected chi connectivity index (χ3v) is 21.1. The molecule has 11 aromatic carbocycles. The van der Waals surface area contributed by atoms with E-state index < -0.39 is 8.07 Å². The van der Waals surface area contributed by atoms with Gasteiger partial charge in [-0.25, -0.2) is 0 Å². The van der Waals surface area contributed by atoms with Crippen molar-refractivity contribution < 1.29 is 0 Å². The van der Waals surface area contributed by atoms with Gasteiger partial charge in [-0.1, -0.05) is 176 Å². The molecule has 4 aromatic heterocycles. The lowest BCUT2D eigenvalue weighted by molar-refractivity contribution is 1.16. The molecule has 0 aliphatic heterocycles. The molecule has 332 valence electrons. The number of thiophene rings is 1. The normalized spacial score (nSPS) is 12.2. The van der Waals surface area contributed by atoms with Gasteiger partial charge in [-0.3, -0.25) is 0 Å². The number of benzene rings is 11. The Labute approximate surface area is 415 Å². The predicted octanol–water partition coefficient (Wildman–Crippen LogP) is 14.7. The lowest BCUT2D eigenvalue weighted by Crippen LogP contribution is -2.74. The molecule has 0 spiro atoms. The Morgan fingerprint density at radius 1 is 0.239 bits per heavy atom. The Bertz CT molecular complexity index is 4470. The van der Waals surface area contributed by atoms with E-state index in [4.69, 9.17) is 0 Å². The molecule has 5 heteroatoms. The molecule has 0 bridgehead atoms. The number of para-hydroxylation sites is 3. The summed E-state index contributed by atoms with van der Waals surface area (Å²) in [6, 6.07) is 97.3. The highest BCUT2D eigenvalue weighted by molar-refractivity contribution is 7.26. The summed E-state index contributed by atoms with van der Waals surface area (Å²) < 4.78 is 10.0. The Morgan fingerprint density at radius 3 is 1.17 bits per heavy atom. The van der Waals surface area contributed by atoms with Crippen molar-refractivity contribution in [2.45, 2.75) is 0 Å². The minimum Gasteiger partial charge on any atom is -0.309 e. The van der Waals surface area contributed by atoms with Crippen molar-refractivity contribution in [1.82, 2.24) is 13.7 Å². The van der Waals surface area contributed by atoms with E-state index in [2.05, 4.69) is 275 Å². The molecule has 4 heterocycles. The molecule has 15 rings (SSSR count). The highest BCUT2D eigenvalue weighted by atomic mass is 32.1. The highest BCUT2D eigenvalue weighted by Crippen LogP contribution is 2.44. The van der Waals surface area contributed by atoms with Gasteiger partial charge in [0.2, 0.25) is 0 Å². The molecular formula is C66H43N3SSi. The van der Waals surface area contributed by atoms with E-state index in [-0.39, 0.29) is 0 Å². The minimum atomic E-state index is -2.67. The van der Waals surface area contributed by atoms with E-state index in [1.807, 2.05) is 11.3 Å². The maximum absolute atomic E-state index is 2.67. The van der Waals surface area contributed by atoms with Crippen molar-refractivity contribution >= 4 is 126 Å². The maximum Gasteiger partial charge on any atom is 0.179 e. The van der Waals surface area contributed by atoms with Crippen LogP contribution < -0.4 is 20.7 Å². The van der Waals surface area contributed by atoms with Crippen molar-refractivity contribution in [3.05, 3.63) is 261 Å². The Hall–Kier alpha value is -8.74. The molecule has 0 aliphatic carbocycles. The molecule has 0 atom stereocenters. The molecule has 15 aromatic rings. The van der Waals surface area contributed by atoms with Gasteiger partial charge in [0.1, 0.15) is 0 Å². The van der Waals surface area contributed by atoms with Crippen LogP contribution in [0.5, 0.6) is 0 Å². The molecule has 0 saturated heterocycles. The maximum atomic E-state index is 2.47. The van der Waals surface area contributed by atoms with E-state index >= 15 is 0 Å². The fraction of sp³-hybridized carbons (Fsp3) is 0. The smallest absolute Gasteiger partial charge is 0.179 e. The molecular weight excluding hydrogens is 895 g/mol. The fourth-order valence-corrected chi connectivity index (χ4v) is 18.1. The number of hydrogen-bond donors (Lipinski definition) is 0. The third kappa shape index (κ3) is 5.82. The molecule has 0 fully saturated rings. The number of fused-ring (bicyclic) bond motifs is 13. The van der Waals surface area contributed by atoms with Crippen molar-refractivity contribution in [2.75, 3.05) is 0 Å². The molecule has 0 saturated carbocycles. The van der Waals surface area contributed by atoms with Crippen LogP contribution in [-0.2, 0) is 0 Å². The van der Waals surface area contributed by atoms with Crippen LogP contribution in [0.3, 0.4) is 0 Å². The van der Waals surface area contributed by atoms with Crippen LogP contribution in [0.1, 0.15) is 0 Å². The van der Waals surface area contributed by atoms with Gasteiger partial charge in [-0.05, 0) is 106 Å². The largest absolute Gasteiger partial charge is 0.309 e. The molecule has 3 nitrogen and oxygen atoms in total. The number of nitrogens with zero attached hydrogens (tertiary/aromatic N) is 3. The van der Waals surface area contributed by atoms with Gasteiger partial charge < -0.3 is 13.7 Å². The number of rotatable bonds is 7. The van der Waals surface area contributed by atoms with Crippen LogP contribution in [-0.4, -0.2) is 21.8 Å². The summed E-state index contributed by atoms with van der Waals surface area (Å²) >= 11 is 1.88. The van der Waals surface area contributed by atoms with Crippen LogP contribution >= 0.6 is 11.3 Å². The standard InChI is InChI=1S/C66H43N3SSi/c1-4-18-47(19-5-1)71(48-20-6-2-7-21-48,49-22-8-3-9-23-49)50-36-32-44(33-37-50)67-57-28-14-10-24-51(57)55-42-45(34-38-60(55)67)68-58-29-15-11-25-52(58)56-43-46(35-39-61(56)68)69-59-30-16-12-26-53(59)65-62(69)40-41-64-66(65)54-27-13-17-31-63(54)70-64/h1-43H. The first-order valence-electron chi connectivity index (χ1n) is 24.4. The second kappa shape index (κ2) is 15.6. The zero-order chi connectivity index (χ0) is 46.6. The lowest BCUT2D eigenvalue weighted by Gasteiger charge is -2.34. The average Bonchev–Trinajstić information content (AvgIpc) is 4.18. The predicted molar refractivity (Wildman–Crippen MR) is 306 cm³/mol. The summed E-state index contributed by atoms with van der Waals surface area (Å²) in [6.07, 6.45) is 0. The van der Waals surface area contributed by atoms with Crippen LogP contribution in [0.25, 0.3) is 103 Å². The molecule has 71 heavy (non-hydrogen) atoms. The average molecular weight is 938 g/mol. The summed E-state index contributed by atoms with van der Waals surface area (Å²) in [5, 5.41) is 15.7. The van der Waals surface area contributed by atoms with Crippen LogP contribution in [0, 0.1) is 0 Å². The van der Waals surface area contributed by atoms with Crippen molar-refractivity contribution in [2.24, 2.45) is 0 Å². The van der Waals surface area contributed by atoms with Gasteiger partial charge in [0, 0.05) is 69.6 Å². The van der Waals surface area contributed by atoms with Crippen molar-refractivity contribution in [3.63, 3.8) is 0 Å². The van der Waals surface area contributed by atoms with E-state index in [9.17, 15) is 0 Å². The van der Waals surface area contributed by atoms with Gasteiger partial charge in [0.15, 0.2) is 8.07 Å². The van der Waals surface area contributed by atoms with Gasteiger partial charge in [-0.15, -0.1) is 11.3 Å². The summed E-state index contributed by atoms with van der Waals surface area (Å²) in [4.78, 5) is 0. The molecule has 0 N–H and O–H groups in total. The molecule has 0 aliphatic rings.